The highest BCUT2D eigenvalue weighted by atomic mass is 16.5. The van der Waals surface area contributed by atoms with Crippen molar-refractivity contribution in [1.29, 1.82) is 0 Å². The van der Waals surface area contributed by atoms with Crippen molar-refractivity contribution in [1.82, 2.24) is 20.6 Å². The van der Waals surface area contributed by atoms with E-state index in [1.807, 2.05) is 54.6 Å². The Hall–Kier alpha value is -4.52. The lowest BCUT2D eigenvalue weighted by molar-refractivity contribution is 0.102. The van der Waals surface area contributed by atoms with E-state index >= 15 is 0 Å². The molecule has 5 aromatic rings. The monoisotopic (exact) mass is 463 g/mol. The Kier molecular flexibility index (Phi) is 6.75. The number of ether oxygens (including phenoxy) is 1. The van der Waals surface area contributed by atoms with E-state index in [2.05, 4.69) is 50.2 Å². The Morgan fingerprint density at radius 3 is 2.54 bits per heavy atom. The van der Waals surface area contributed by atoms with Crippen molar-refractivity contribution in [3.8, 4) is 17.1 Å². The lowest BCUT2D eigenvalue weighted by atomic mass is 10.0. The molecule has 0 fully saturated rings. The molecular formula is C28H25N5O2. The van der Waals surface area contributed by atoms with Gasteiger partial charge in [0.25, 0.3) is 5.91 Å². The number of H-pyrrole nitrogens is 1. The number of aryl methyl sites for hydroxylation is 1. The molecule has 0 bridgehead atoms. The van der Waals surface area contributed by atoms with Crippen molar-refractivity contribution in [2.45, 2.75) is 19.3 Å². The van der Waals surface area contributed by atoms with Crippen LogP contribution in [0.5, 0.6) is 5.75 Å². The molecule has 2 N–H and O–H groups in total. The molecule has 0 saturated heterocycles. The van der Waals surface area contributed by atoms with Gasteiger partial charge in [-0.05, 0) is 71.8 Å². The van der Waals surface area contributed by atoms with Gasteiger partial charge in [0.1, 0.15) is 5.75 Å². The van der Waals surface area contributed by atoms with E-state index in [-0.39, 0.29) is 5.91 Å². The van der Waals surface area contributed by atoms with Gasteiger partial charge in [0.2, 0.25) is 5.82 Å². The number of fused-ring (bicyclic) bond motifs is 1. The van der Waals surface area contributed by atoms with Crippen LogP contribution in [0.15, 0.2) is 91.0 Å². The molecule has 4 aromatic carbocycles. The number of hydrogen-bond acceptors (Lipinski definition) is 5. The fourth-order valence-electron chi connectivity index (χ4n) is 3.97. The molecular weight excluding hydrogens is 438 g/mol. The van der Waals surface area contributed by atoms with E-state index in [9.17, 15) is 4.79 Å². The molecule has 174 valence electrons. The van der Waals surface area contributed by atoms with E-state index in [1.54, 1.807) is 12.1 Å². The predicted molar refractivity (Wildman–Crippen MR) is 136 cm³/mol. The average Bonchev–Trinajstić information content (AvgIpc) is 3.45. The first-order valence-electron chi connectivity index (χ1n) is 11.6. The van der Waals surface area contributed by atoms with Crippen LogP contribution in [0.1, 0.15) is 28.8 Å². The van der Waals surface area contributed by atoms with Crippen LogP contribution in [0.4, 0.5) is 5.69 Å². The molecule has 1 amide bonds. The zero-order valence-corrected chi connectivity index (χ0v) is 19.1. The van der Waals surface area contributed by atoms with Crippen molar-refractivity contribution >= 4 is 22.4 Å². The third-order valence-electron chi connectivity index (χ3n) is 5.82. The number of aromatic nitrogens is 4. The Morgan fingerprint density at radius 2 is 1.74 bits per heavy atom. The van der Waals surface area contributed by atoms with Gasteiger partial charge >= 0.3 is 0 Å². The highest BCUT2D eigenvalue weighted by Gasteiger charge is 2.11. The normalized spacial score (nSPS) is 10.9. The molecule has 7 nitrogen and oxygen atoms in total. The van der Waals surface area contributed by atoms with Gasteiger partial charge < -0.3 is 10.1 Å². The summed E-state index contributed by atoms with van der Waals surface area (Å²) in [6, 6.07) is 29.4. The van der Waals surface area contributed by atoms with Crippen molar-refractivity contribution in [2.75, 3.05) is 11.9 Å². The highest BCUT2D eigenvalue weighted by Crippen LogP contribution is 2.28. The minimum Gasteiger partial charge on any atom is -0.494 e. The van der Waals surface area contributed by atoms with Gasteiger partial charge in [-0.3, -0.25) is 4.79 Å². The number of hydrogen-bond donors (Lipinski definition) is 2. The number of unbranched alkanes of at least 4 members (excludes halogenated alkanes) is 1. The van der Waals surface area contributed by atoms with Gasteiger partial charge in [0, 0.05) is 22.2 Å². The van der Waals surface area contributed by atoms with Crippen molar-refractivity contribution in [2.24, 2.45) is 0 Å². The van der Waals surface area contributed by atoms with E-state index in [4.69, 9.17) is 4.74 Å². The molecule has 1 aromatic heterocycles. The summed E-state index contributed by atoms with van der Waals surface area (Å²) in [6.45, 7) is 0.650. The molecule has 0 aliphatic rings. The fraction of sp³-hybridized carbons (Fsp3) is 0.143. The molecule has 0 atom stereocenters. The van der Waals surface area contributed by atoms with Crippen LogP contribution in [0.25, 0.3) is 22.2 Å². The Labute approximate surface area is 203 Å². The maximum atomic E-state index is 12.9. The quantitative estimate of drug-likeness (QED) is 0.275. The highest BCUT2D eigenvalue weighted by molar-refractivity contribution is 6.09. The van der Waals surface area contributed by atoms with Crippen LogP contribution < -0.4 is 10.1 Å². The minimum absolute atomic E-state index is 0.183. The third-order valence-corrected chi connectivity index (χ3v) is 5.82. The molecule has 0 aliphatic carbocycles. The molecule has 0 unspecified atom stereocenters. The first-order chi connectivity index (χ1) is 17.3. The summed E-state index contributed by atoms with van der Waals surface area (Å²) < 4.78 is 5.85. The number of carbonyl (C=O) groups is 1. The molecule has 7 heteroatoms. The smallest absolute Gasteiger partial charge is 0.255 e. The van der Waals surface area contributed by atoms with Gasteiger partial charge in [-0.1, -0.05) is 54.6 Å². The summed E-state index contributed by atoms with van der Waals surface area (Å²) in [4.78, 5) is 12.9. The third kappa shape index (κ3) is 5.52. The molecule has 0 spiro atoms. The number of carbonyl (C=O) groups excluding carboxylic acids is 1. The Balaban J connectivity index is 1.19. The number of rotatable bonds is 9. The maximum Gasteiger partial charge on any atom is 0.255 e. The topological polar surface area (TPSA) is 92.8 Å². The summed E-state index contributed by atoms with van der Waals surface area (Å²) in [7, 11) is 0. The number of nitrogens with one attached hydrogen (secondary N) is 2. The molecule has 0 saturated carbocycles. The van der Waals surface area contributed by atoms with E-state index in [0.29, 0.717) is 18.0 Å². The van der Waals surface area contributed by atoms with Gasteiger partial charge in [-0.2, -0.15) is 5.21 Å². The summed E-state index contributed by atoms with van der Waals surface area (Å²) in [5.41, 5.74) is 3.45. The summed E-state index contributed by atoms with van der Waals surface area (Å²) in [5.74, 6) is 1.08. The van der Waals surface area contributed by atoms with Crippen molar-refractivity contribution in [3.63, 3.8) is 0 Å². The Bertz CT molecular complexity index is 1400. The van der Waals surface area contributed by atoms with Crippen LogP contribution in [-0.4, -0.2) is 33.1 Å². The lowest BCUT2D eigenvalue weighted by Gasteiger charge is -2.11. The zero-order chi connectivity index (χ0) is 23.9. The van der Waals surface area contributed by atoms with E-state index < -0.39 is 0 Å². The number of amides is 1. The molecule has 5 rings (SSSR count). The van der Waals surface area contributed by atoms with Crippen LogP contribution in [0.3, 0.4) is 0 Å². The van der Waals surface area contributed by atoms with Crippen LogP contribution in [0, 0.1) is 0 Å². The minimum atomic E-state index is -0.183. The average molecular weight is 464 g/mol. The van der Waals surface area contributed by atoms with E-state index in [0.717, 1.165) is 47.0 Å². The SMILES string of the molecule is O=C(Nc1cccc2ccc(-c3nn[nH]n3)cc12)c1ccc(OCCCCc2ccccc2)cc1. The zero-order valence-electron chi connectivity index (χ0n) is 19.1. The van der Waals surface area contributed by atoms with Crippen molar-refractivity contribution < 1.29 is 9.53 Å². The van der Waals surface area contributed by atoms with Gasteiger partial charge in [-0.25, -0.2) is 0 Å². The second-order valence-electron chi connectivity index (χ2n) is 8.25. The summed E-state index contributed by atoms with van der Waals surface area (Å²) >= 11 is 0. The fourth-order valence-corrected chi connectivity index (χ4v) is 3.97. The molecule has 0 radical (unpaired) electrons. The van der Waals surface area contributed by atoms with E-state index in [1.165, 1.54) is 5.56 Å². The predicted octanol–water partition coefficient (Wildman–Crippen LogP) is 5.67. The summed E-state index contributed by atoms with van der Waals surface area (Å²) in [5, 5.41) is 19.1. The summed E-state index contributed by atoms with van der Waals surface area (Å²) in [6.07, 6.45) is 3.10. The molecule has 1 heterocycles. The largest absolute Gasteiger partial charge is 0.494 e. The second kappa shape index (κ2) is 10.6. The van der Waals surface area contributed by atoms with Gasteiger partial charge in [0.15, 0.2) is 0 Å². The Morgan fingerprint density at radius 1 is 0.886 bits per heavy atom. The van der Waals surface area contributed by atoms with Crippen LogP contribution in [0.2, 0.25) is 0 Å². The lowest BCUT2D eigenvalue weighted by Crippen LogP contribution is -2.12. The number of tetrazole rings is 1. The van der Waals surface area contributed by atoms with Crippen LogP contribution in [-0.2, 0) is 6.42 Å². The number of benzene rings is 4. The number of anilines is 1. The van der Waals surface area contributed by atoms with Gasteiger partial charge in [-0.15, -0.1) is 10.2 Å². The van der Waals surface area contributed by atoms with Gasteiger partial charge in [0.05, 0.1) is 6.61 Å². The molecule has 35 heavy (non-hydrogen) atoms. The van der Waals surface area contributed by atoms with Crippen molar-refractivity contribution in [3.05, 3.63) is 102 Å². The number of nitrogens with zero attached hydrogens (tertiary/aromatic N) is 3. The van der Waals surface area contributed by atoms with Crippen LogP contribution >= 0.6 is 0 Å². The standard InChI is InChI=1S/C28H25N5O2/c34-28(22-14-16-24(17-15-22)35-18-5-4-9-20-7-2-1-3-8-20)29-26-11-6-10-21-12-13-23(19-25(21)26)27-30-32-33-31-27/h1-3,6-8,10-17,19H,4-5,9,18H2,(H,29,34)(H,30,31,32,33). The first kappa shape index (κ1) is 22.3. The number of aromatic amines is 1. The first-order valence-corrected chi connectivity index (χ1v) is 11.6. The molecule has 0 aliphatic heterocycles. The maximum absolute atomic E-state index is 12.9. The second-order valence-corrected chi connectivity index (χ2v) is 8.25.